The van der Waals surface area contributed by atoms with Crippen molar-refractivity contribution >= 4 is 44.8 Å². The Balaban J connectivity index is 1.79. The first-order chi connectivity index (χ1) is 14.3. The minimum atomic E-state index is -3.94. The third kappa shape index (κ3) is 4.93. The Labute approximate surface area is 183 Å². The van der Waals surface area contributed by atoms with E-state index in [0.717, 1.165) is 15.6 Å². The van der Waals surface area contributed by atoms with Gasteiger partial charge in [0.2, 0.25) is 0 Å². The van der Waals surface area contributed by atoms with Crippen molar-refractivity contribution in [2.24, 2.45) is 5.73 Å². The van der Waals surface area contributed by atoms with Gasteiger partial charge in [0, 0.05) is 31.2 Å². The minimum Gasteiger partial charge on any atom is -0.484 e. The zero-order chi connectivity index (χ0) is 21.7. The van der Waals surface area contributed by atoms with Gasteiger partial charge in [0.25, 0.3) is 21.8 Å². The molecule has 3 rings (SSSR count). The number of nitrogens with two attached hydrogens (primary N) is 1. The summed E-state index contributed by atoms with van der Waals surface area (Å²) >= 11 is 6.88. The average molecular weight is 473 g/mol. The van der Waals surface area contributed by atoms with E-state index in [9.17, 15) is 18.0 Å². The summed E-state index contributed by atoms with van der Waals surface area (Å²) in [4.78, 5) is 26.7. The minimum absolute atomic E-state index is 0.00632. The van der Waals surface area contributed by atoms with Crippen molar-refractivity contribution in [3.63, 3.8) is 0 Å². The van der Waals surface area contributed by atoms with Crippen LogP contribution in [0.1, 0.15) is 0 Å². The van der Waals surface area contributed by atoms with Gasteiger partial charge in [-0.05, 0) is 35.7 Å². The summed E-state index contributed by atoms with van der Waals surface area (Å²) in [5.74, 6) is -0.696. The SMILES string of the molecule is NCCNC(=O)C1N(C(=O)COc2ccc(Cl)cc2)CCN1S(=O)(=O)c1cccs1. The van der Waals surface area contributed by atoms with Crippen LogP contribution in [0.15, 0.2) is 46.0 Å². The molecule has 0 radical (unpaired) electrons. The first-order valence-electron chi connectivity index (χ1n) is 9.05. The zero-order valence-electron chi connectivity index (χ0n) is 15.9. The van der Waals surface area contributed by atoms with E-state index in [0.29, 0.717) is 10.8 Å². The Hall–Kier alpha value is -2.18. The summed E-state index contributed by atoms with van der Waals surface area (Å²) in [5, 5.41) is 4.73. The van der Waals surface area contributed by atoms with E-state index < -0.39 is 28.0 Å². The molecule has 0 saturated carbocycles. The van der Waals surface area contributed by atoms with Crippen LogP contribution in [0, 0.1) is 0 Å². The summed E-state index contributed by atoms with van der Waals surface area (Å²) in [6, 6.07) is 9.53. The molecule has 12 heteroatoms. The topological polar surface area (TPSA) is 122 Å². The van der Waals surface area contributed by atoms with Gasteiger partial charge in [0.15, 0.2) is 12.8 Å². The normalized spacial score (nSPS) is 17.1. The highest BCUT2D eigenvalue weighted by Gasteiger charge is 2.46. The molecule has 2 heterocycles. The third-order valence-corrected chi connectivity index (χ3v) is 7.84. The van der Waals surface area contributed by atoms with Gasteiger partial charge in [-0.3, -0.25) is 9.59 Å². The van der Waals surface area contributed by atoms with Crippen LogP contribution in [-0.4, -0.2) is 68.4 Å². The second-order valence-electron chi connectivity index (χ2n) is 6.33. The number of nitrogens with one attached hydrogen (secondary N) is 1. The number of ether oxygens (including phenoxy) is 1. The van der Waals surface area contributed by atoms with Crippen molar-refractivity contribution in [3.05, 3.63) is 46.8 Å². The molecule has 2 amide bonds. The predicted molar refractivity (Wildman–Crippen MR) is 113 cm³/mol. The van der Waals surface area contributed by atoms with Gasteiger partial charge in [-0.25, -0.2) is 8.42 Å². The highest BCUT2D eigenvalue weighted by atomic mass is 35.5. The van der Waals surface area contributed by atoms with Gasteiger partial charge in [-0.2, -0.15) is 4.31 Å². The molecule has 3 N–H and O–H groups in total. The van der Waals surface area contributed by atoms with Crippen molar-refractivity contribution in [3.8, 4) is 5.75 Å². The quantitative estimate of drug-likeness (QED) is 0.583. The lowest BCUT2D eigenvalue weighted by molar-refractivity contribution is -0.142. The van der Waals surface area contributed by atoms with Gasteiger partial charge in [-0.15, -0.1) is 11.3 Å². The predicted octanol–water partition coefficient (Wildman–Crippen LogP) is 0.714. The van der Waals surface area contributed by atoms with Crippen LogP contribution in [0.25, 0.3) is 0 Å². The fourth-order valence-corrected chi connectivity index (χ4v) is 5.75. The first kappa shape index (κ1) is 22.5. The maximum Gasteiger partial charge on any atom is 0.262 e. The fourth-order valence-electron chi connectivity index (χ4n) is 2.96. The maximum atomic E-state index is 13.0. The Morgan fingerprint density at radius 2 is 1.97 bits per heavy atom. The van der Waals surface area contributed by atoms with Crippen molar-refractivity contribution in [2.45, 2.75) is 10.4 Å². The largest absolute Gasteiger partial charge is 0.484 e. The lowest BCUT2D eigenvalue weighted by Crippen LogP contribution is -2.54. The number of amides is 2. The molecule has 1 unspecified atom stereocenters. The maximum absolute atomic E-state index is 13.0. The van der Waals surface area contributed by atoms with E-state index in [-0.39, 0.29) is 37.0 Å². The smallest absolute Gasteiger partial charge is 0.262 e. The summed E-state index contributed by atoms with van der Waals surface area (Å²) in [5.41, 5.74) is 5.44. The Kier molecular flexibility index (Phi) is 7.32. The number of thiophene rings is 1. The summed E-state index contributed by atoms with van der Waals surface area (Å²) in [6.45, 7) is 0.0479. The lowest BCUT2D eigenvalue weighted by atomic mass is 10.3. The molecule has 162 valence electrons. The van der Waals surface area contributed by atoms with Gasteiger partial charge in [0.1, 0.15) is 9.96 Å². The molecule has 1 fully saturated rings. The highest BCUT2D eigenvalue weighted by Crippen LogP contribution is 2.27. The molecule has 30 heavy (non-hydrogen) atoms. The third-order valence-electron chi connectivity index (χ3n) is 4.36. The van der Waals surface area contributed by atoms with Crippen LogP contribution >= 0.6 is 22.9 Å². The Morgan fingerprint density at radius 1 is 1.23 bits per heavy atom. The molecule has 1 saturated heterocycles. The standard InChI is InChI=1S/C18H21ClN4O5S2/c19-13-3-5-14(6-4-13)28-12-15(24)22-9-10-23(18(22)17(25)21-8-7-20)30(26,27)16-2-1-11-29-16/h1-6,11,18H,7-10,12,20H2,(H,21,25). The van der Waals surface area contributed by atoms with E-state index in [4.69, 9.17) is 22.1 Å². The van der Waals surface area contributed by atoms with E-state index in [1.165, 1.54) is 11.0 Å². The molecular weight excluding hydrogens is 452 g/mol. The number of hydrogen-bond donors (Lipinski definition) is 2. The van der Waals surface area contributed by atoms with E-state index in [2.05, 4.69) is 5.32 Å². The monoisotopic (exact) mass is 472 g/mol. The highest BCUT2D eigenvalue weighted by molar-refractivity contribution is 7.91. The number of nitrogens with zero attached hydrogens (tertiary/aromatic N) is 2. The molecule has 1 aromatic carbocycles. The summed E-state index contributed by atoms with van der Waals surface area (Å²) in [6.07, 6.45) is -1.31. The molecular formula is C18H21ClN4O5S2. The zero-order valence-corrected chi connectivity index (χ0v) is 18.3. The number of hydrogen-bond acceptors (Lipinski definition) is 7. The second kappa shape index (κ2) is 9.75. The van der Waals surface area contributed by atoms with E-state index >= 15 is 0 Å². The van der Waals surface area contributed by atoms with Crippen LogP contribution < -0.4 is 15.8 Å². The van der Waals surface area contributed by atoms with Crippen LogP contribution in [-0.2, 0) is 19.6 Å². The lowest BCUT2D eigenvalue weighted by Gasteiger charge is -2.28. The summed E-state index contributed by atoms with van der Waals surface area (Å²) < 4.78 is 32.6. The van der Waals surface area contributed by atoms with E-state index in [1.807, 2.05) is 0 Å². The van der Waals surface area contributed by atoms with Crippen molar-refractivity contribution in [1.82, 2.24) is 14.5 Å². The number of benzene rings is 1. The molecule has 0 bridgehead atoms. The van der Waals surface area contributed by atoms with Gasteiger partial charge >= 0.3 is 0 Å². The van der Waals surface area contributed by atoms with Crippen molar-refractivity contribution < 1.29 is 22.7 Å². The van der Waals surface area contributed by atoms with Gasteiger partial charge < -0.3 is 20.7 Å². The molecule has 9 nitrogen and oxygen atoms in total. The van der Waals surface area contributed by atoms with E-state index in [1.54, 1.807) is 35.7 Å². The number of carbonyl (C=O) groups is 2. The van der Waals surface area contributed by atoms with Crippen LogP contribution in [0.4, 0.5) is 0 Å². The molecule has 1 atom stereocenters. The molecule has 0 aliphatic carbocycles. The molecule has 0 spiro atoms. The second-order valence-corrected chi connectivity index (χ2v) is 9.83. The van der Waals surface area contributed by atoms with Crippen LogP contribution in [0.2, 0.25) is 5.02 Å². The van der Waals surface area contributed by atoms with Crippen molar-refractivity contribution in [1.29, 1.82) is 0 Å². The van der Waals surface area contributed by atoms with Crippen molar-refractivity contribution in [2.75, 3.05) is 32.8 Å². The molecule has 1 aliphatic rings. The fraction of sp³-hybridized carbons (Fsp3) is 0.333. The number of halogens is 1. The van der Waals surface area contributed by atoms with Gasteiger partial charge in [-0.1, -0.05) is 17.7 Å². The number of sulfonamides is 1. The number of rotatable bonds is 8. The molecule has 2 aromatic rings. The molecule has 1 aliphatic heterocycles. The van der Waals surface area contributed by atoms with Gasteiger partial charge in [0.05, 0.1) is 0 Å². The Bertz CT molecular complexity index is 983. The summed E-state index contributed by atoms with van der Waals surface area (Å²) in [7, 11) is -3.94. The first-order valence-corrected chi connectivity index (χ1v) is 11.8. The van der Waals surface area contributed by atoms with Crippen LogP contribution in [0.3, 0.4) is 0 Å². The van der Waals surface area contributed by atoms with Crippen LogP contribution in [0.5, 0.6) is 5.75 Å². The Morgan fingerprint density at radius 3 is 2.60 bits per heavy atom. The molecule has 1 aromatic heterocycles. The number of carbonyl (C=O) groups excluding carboxylic acids is 2. The average Bonchev–Trinajstić information content (AvgIpc) is 3.42.